The van der Waals surface area contributed by atoms with E-state index in [1.54, 1.807) is 5.57 Å². The first kappa shape index (κ1) is 20.1. The minimum Gasteiger partial charge on any atom is -0.213 e. The first-order valence-corrected chi connectivity index (χ1v) is 12.3. The van der Waals surface area contributed by atoms with Crippen LogP contribution in [0.25, 0.3) is 17.0 Å². The van der Waals surface area contributed by atoms with E-state index < -0.39 is 0 Å². The van der Waals surface area contributed by atoms with Crippen molar-refractivity contribution in [2.45, 2.75) is 70.6 Å². The van der Waals surface area contributed by atoms with E-state index in [2.05, 4.69) is 46.8 Å². The first-order valence-electron chi connectivity index (χ1n) is 11.5. The van der Waals surface area contributed by atoms with Gasteiger partial charge in [-0.3, -0.25) is 0 Å². The van der Waals surface area contributed by atoms with Gasteiger partial charge in [-0.05, 0) is 93.7 Å². The van der Waals surface area contributed by atoms with Gasteiger partial charge >= 0.3 is 0 Å². The van der Waals surface area contributed by atoms with Gasteiger partial charge in [-0.25, -0.2) is 15.0 Å². The van der Waals surface area contributed by atoms with Gasteiger partial charge in [-0.1, -0.05) is 45.8 Å². The molecule has 0 aliphatic heterocycles. The summed E-state index contributed by atoms with van der Waals surface area (Å²) in [5.41, 5.74) is 5.52. The number of nitrogens with zero attached hydrogens (tertiary/aromatic N) is 3. The van der Waals surface area contributed by atoms with E-state index in [0.717, 1.165) is 58.6 Å². The molecule has 2 saturated carbocycles. The molecule has 5 rings (SSSR count). The molecule has 3 aliphatic rings. The Balaban J connectivity index is 1.45. The van der Waals surface area contributed by atoms with Crippen LogP contribution in [0, 0.1) is 11.8 Å². The third-order valence-electron chi connectivity index (χ3n) is 7.10. The van der Waals surface area contributed by atoms with Crippen molar-refractivity contribution in [3.8, 4) is 11.4 Å². The Kier molecular flexibility index (Phi) is 5.86. The third-order valence-corrected chi connectivity index (χ3v) is 7.62. The summed E-state index contributed by atoms with van der Waals surface area (Å²) >= 11 is 3.54. The molecule has 0 N–H and O–H groups in total. The number of hydrogen-bond acceptors (Lipinski definition) is 3. The molecule has 0 spiro atoms. The van der Waals surface area contributed by atoms with Crippen LogP contribution < -0.4 is 0 Å². The van der Waals surface area contributed by atoms with Crippen molar-refractivity contribution in [3.05, 3.63) is 58.1 Å². The predicted octanol–water partition coefficient (Wildman–Crippen LogP) is 7.33. The maximum atomic E-state index is 5.01. The number of hydrogen-bond donors (Lipinski definition) is 0. The molecule has 2 atom stereocenters. The SMILES string of the molecule is C=C1CCCC(CCc2nc(C3=C4CCCC(C4)C3)nc(-c3ccc(Br)cc3)n2)C1. The Morgan fingerprint density at radius 1 is 0.900 bits per heavy atom. The minimum atomic E-state index is 0.732. The average molecular weight is 464 g/mol. The molecule has 30 heavy (non-hydrogen) atoms. The molecule has 2 fully saturated rings. The normalized spacial score (nSPS) is 23.8. The molecule has 156 valence electrons. The summed E-state index contributed by atoms with van der Waals surface area (Å²) in [4.78, 5) is 14.9. The second-order valence-corrected chi connectivity index (χ2v) is 10.3. The van der Waals surface area contributed by atoms with Crippen LogP contribution in [0.1, 0.15) is 75.9 Å². The summed E-state index contributed by atoms with van der Waals surface area (Å²) in [5.74, 6) is 4.28. The summed E-state index contributed by atoms with van der Waals surface area (Å²) < 4.78 is 1.08. The molecular formula is C26H30BrN3. The second kappa shape index (κ2) is 8.74. The molecular weight excluding hydrogens is 434 g/mol. The van der Waals surface area contributed by atoms with E-state index in [-0.39, 0.29) is 0 Å². The molecule has 4 heteroatoms. The van der Waals surface area contributed by atoms with Crippen LogP contribution in [0.2, 0.25) is 0 Å². The van der Waals surface area contributed by atoms with Gasteiger partial charge in [0, 0.05) is 16.5 Å². The van der Waals surface area contributed by atoms with E-state index in [9.17, 15) is 0 Å². The van der Waals surface area contributed by atoms with E-state index in [1.807, 2.05) is 0 Å². The fourth-order valence-corrected chi connectivity index (χ4v) is 5.78. The predicted molar refractivity (Wildman–Crippen MR) is 126 cm³/mol. The topological polar surface area (TPSA) is 38.7 Å². The standard InChI is InChI=1S/C26H30BrN3/c1-17-4-2-5-18(14-17)8-13-24-28-25(20-9-11-22(27)12-10-20)30-26(29-24)23-16-19-6-3-7-21(23)15-19/h9-12,18-19H,1-8,13-16H2. The maximum Gasteiger partial charge on any atom is 0.163 e. The Bertz CT molecular complexity index is 976. The first-order chi connectivity index (χ1) is 14.6. The van der Waals surface area contributed by atoms with Gasteiger partial charge in [-0.2, -0.15) is 0 Å². The van der Waals surface area contributed by atoms with Crippen molar-refractivity contribution in [3.63, 3.8) is 0 Å². The number of fused-ring (bicyclic) bond motifs is 2. The lowest BCUT2D eigenvalue weighted by Crippen LogP contribution is -2.11. The van der Waals surface area contributed by atoms with Crippen LogP contribution in [0.15, 0.2) is 46.5 Å². The number of aromatic nitrogens is 3. The van der Waals surface area contributed by atoms with Crippen molar-refractivity contribution < 1.29 is 0 Å². The van der Waals surface area contributed by atoms with Gasteiger partial charge in [0.1, 0.15) is 5.82 Å². The van der Waals surface area contributed by atoms with Crippen LogP contribution >= 0.6 is 15.9 Å². The van der Waals surface area contributed by atoms with Gasteiger partial charge in [-0.15, -0.1) is 0 Å². The van der Waals surface area contributed by atoms with Gasteiger partial charge in [0.25, 0.3) is 0 Å². The molecule has 3 aliphatic carbocycles. The lowest BCUT2D eigenvalue weighted by atomic mass is 9.83. The van der Waals surface area contributed by atoms with Crippen molar-refractivity contribution in [2.24, 2.45) is 11.8 Å². The molecule has 2 unspecified atom stereocenters. The number of allylic oxidation sites excluding steroid dienone is 3. The summed E-state index contributed by atoms with van der Waals surface area (Å²) in [5, 5.41) is 0. The van der Waals surface area contributed by atoms with Gasteiger partial charge in [0.05, 0.1) is 0 Å². The fraction of sp³-hybridized carbons (Fsp3) is 0.500. The molecule has 1 heterocycles. The van der Waals surface area contributed by atoms with Crippen LogP contribution in [0.3, 0.4) is 0 Å². The second-order valence-electron chi connectivity index (χ2n) is 9.41. The van der Waals surface area contributed by atoms with E-state index in [4.69, 9.17) is 15.0 Å². The minimum absolute atomic E-state index is 0.732. The highest BCUT2D eigenvalue weighted by molar-refractivity contribution is 9.10. The molecule has 3 nitrogen and oxygen atoms in total. The number of halogens is 1. The summed E-state index contributed by atoms with van der Waals surface area (Å²) in [6.07, 6.45) is 13.4. The monoisotopic (exact) mass is 463 g/mol. The number of rotatable bonds is 5. The Morgan fingerprint density at radius 3 is 2.50 bits per heavy atom. The number of benzene rings is 1. The van der Waals surface area contributed by atoms with E-state index >= 15 is 0 Å². The molecule has 1 aromatic carbocycles. The van der Waals surface area contributed by atoms with Gasteiger partial charge in [0.2, 0.25) is 0 Å². The van der Waals surface area contributed by atoms with Gasteiger partial charge < -0.3 is 0 Å². The Hall–Kier alpha value is -1.81. The lowest BCUT2D eigenvalue weighted by Gasteiger charge is -2.23. The summed E-state index contributed by atoms with van der Waals surface area (Å²) in [7, 11) is 0. The largest absolute Gasteiger partial charge is 0.213 e. The molecule has 0 amide bonds. The van der Waals surface area contributed by atoms with Crippen LogP contribution in [0.5, 0.6) is 0 Å². The van der Waals surface area contributed by atoms with E-state index in [0.29, 0.717) is 0 Å². The van der Waals surface area contributed by atoms with Crippen LogP contribution in [-0.2, 0) is 6.42 Å². The Morgan fingerprint density at radius 2 is 1.70 bits per heavy atom. The average Bonchev–Trinajstić information content (AvgIpc) is 3.06. The van der Waals surface area contributed by atoms with E-state index in [1.165, 1.54) is 62.5 Å². The lowest BCUT2D eigenvalue weighted by molar-refractivity contribution is 0.391. The summed E-state index contributed by atoms with van der Waals surface area (Å²) in [6, 6.07) is 8.33. The highest BCUT2D eigenvalue weighted by Gasteiger charge is 2.30. The quantitative estimate of drug-likeness (QED) is 0.435. The van der Waals surface area contributed by atoms with Crippen molar-refractivity contribution in [2.75, 3.05) is 0 Å². The van der Waals surface area contributed by atoms with Crippen molar-refractivity contribution >= 4 is 21.5 Å². The van der Waals surface area contributed by atoms with Crippen molar-refractivity contribution in [1.82, 2.24) is 15.0 Å². The van der Waals surface area contributed by atoms with Gasteiger partial charge in [0.15, 0.2) is 11.6 Å². The molecule has 2 aromatic rings. The zero-order chi connectivity index (χ0) is 20.5. The molecule has 0 radical (unpaired) electrons. The maximum absolute atomic E-state index is 5.01. The molecule has 2 bridgehead atoms. The molecule has 1 aromatic heterocycles. The Labute approximate surface area is 188 Å². The molecule has 0 saturated heterocycles. The highest BCUT2D eigenvalue weighted by atomic mass is 79.9. The van der Waals surface area contributed by atoms with Crippen LogP contribution in [0.4, 0.5) is 0 Å². The fourth-order valence-electron chi connectivity index (χ4n) is 5.51. The third kappa shape index (κ3) is 4.44. The zero-order valence-electron chi connectivity index (χ0n) is 17.7. The highest BCUT2D eigenvalue weighted by Crippen LogP contribution is 2.45. The smallest absolute Gasteiger partial charge is 0.163 e. The summed E-state index contributed by atoms with van der Waals surface area (Å²) in [6.45, 7) is 4.23. The zero-order valence-corrected chi connectivity index (χ0v) is 19.3. The van der Waals surface area contributed by atoms with Crippen molar-refractivity contribution in [1.29, 1.82) is 0 Å². The number of aryl methyl sites for hydroxylation is 1. The van der Waals surface area contributed by atoms with Crippen LogP contribution in [-0.4, -0.2) is 15.0 Å².